The van der Waals surface area contributed by atoms with Crippen LogP contribution in [0.3, 0.4) is 0 Å². The van der Waals surface area contributed by atoms with E-state index in [-0.39, 0.29) is 19.0 Å². The Morgan fingerprint density at radius 3 is 2.68 bits per heavy atom. The van der Waals surface area contributed by atoms with Crippen LogP contribution in [0.2, 0.25) is 0 Å². The van der Waals surface area contributed by atoms with E-state index in [4.69, 9.17) is 19.9 Å². The molecular weight excluding hydrogens is 246 g/mol. The minimum atomic E-state index is -0.293. The molecule has 0 heterocycles. The Kier molecular flexibility index (Phi) is 7.62. The van der Waals surface area contributed by atoms with Crippen molar-refractivity contribution in [1.29, 1.82) is 0 Å². The molecule has 0 atom stereocenters. The van der Waals surface area contributed by atoms with Crippen LogP contribution in [0.5, 0.6) is 0 Å². The first-order valence-corrected chi connectivity index (χ1v) is 6.29. The van der Waals surface area contributed by atoms with Crippen molar-refractivity contribution in [1.82, 2.24) is 0 Å². The molecule has 0 aromatic heterocycles. The number of anilines is 1. The minimum absolute atomic E-state index is 0.191. The van der Waals surface area contributed by atoms with E-state index in [9.17, 15) is 4.79 Å². The summed E-state index contributed by atoms with van der Waals surface area (Å²) in [5.74, 6) is -0.293. The highest BCUT2D eigenvalue weighted by molar-refractivity contribution is 5.74. The van der Waals surface area contributed by atoms with Gasteiger partial charge in [0.2, 0.25) is 0 Å². The average molecular weight is 267 g/mol. The number of para-hydroxylation sites is 1. The van der Waals surface area contributed by atoms with Crippen LogP contribution in [0.4, 0.5) is 5.69 Å². The number of esters is 1. The number of rotatable bonds is 9. The molecule has 5 nitrogen and oxygen atoms in total. The minimum Gasteiger partial charge on any atom is -0.463 e. The molecule has 0 spiro atoms. The lowest BCUT2D eigenvalue weighted by atomic mass is 10.1. The number of nitrogen functional groups attached to an aromatic ring is 1. The maximum Gasteiger partial charge on any atom is 0.310 e. The zero-order chi connectivity index (χ0) is 13.9. The molecule has 0 aliphatic carbocycles. The van der Waals surface area contributed by atoms with Gasteiger partial charge in [0.15, 0.2) is 0 Å². The summed E-state index contributed by atoms with van der Waals surface area (Å²) in [5.41, 5.74) is 7.14. The molecular formula is C14H21NO4. The topological polar surface area (TPSA) is 70.8 Å². The quantitative estimate of drug-likeness (QED) is 0.416. The molecule has 0 fully saturated rings. The van der Waals surface area contributed by atoms with Gasteiger partial charge in [0.25, 0.3) is 0 Å². The Morgan fingerprint density at radius 2 is 1.95 bits per heavy atom. The summed E-state index contributed by atoms with van der Waals surface area (Å²) in [5, 5.41) is 0. The molecule has 0 amide bonds. The van der Waals surface area contributed by atoms with E-state index in [1.54, 1.807) is 13.2 Å². The van der Waals surface area contributed by atoms with E-state index >= 15 is 0 Å². The molecule has 0 saturated carbocycles. The molecule has 0 bridgehead atoms. The van der Waals surface area contributed by atoms with E-state index in [1.807, 2.05) is 18.2 Å². The summed E-state index contributed by atoms with van der Waals surface area (Å²) < 4.78 is 15.2. The van der Waals surface area contributed by atoms with Gasteiger partial charge in [-0.05, 0) is 18.1 Å². The number of carbonyl (C=O) groups excluding carboxylic acids is 1. The van der Waals surface area contributed by atoms with Crippen molar-refractivity contribution in [3.05, 3.63) is 29.8 Å². The predicted octanol–water partition coefficient (Wildman–Crippen LogP) is 1.41. The van der Waals surface area contributed by atoms with Crippen LogP contribution in [-0.2, 0) is 25.4 Å². The highest BCUT2D eigenvalue weighted by Gasteiger charge is 2.06. The second-order valence-electron chi connectivity index (χ2n) is 4.05. The molecule has 1 rings (SSSR count). The van der Waals surface area contributed by atoms with Crippen LogP contribution in [0, 0.1) is 0 Å². The lowest BCUT2D eigenvalue weighted by Crippen LogP contribution is -2.14. The van der Waals surface area contributed by atoms with Crippen molar-refractivity contribution in [2.45, 2.75) is 12.8 Å². The van der Waals surface area contributed by atoms with Crippen LogP contribution >= 0.6 is 0 Å². The number of benzene rings is 1. The fourth-order valence-corrected chi connectivity index (χ4v) is 1.52. The molecule has 5 heteroatoms. The number of nitrogens with two attached hydrogens (primary N) is 1. The predicted molar refractivity (Wildman–Crippen MR) is 72.8 cm³/mol. The monoisotopic (exact) mass is 267 g/mol. The van der Waals surface area contributed by atoms with Crippen LogP contribution in [0.15, 0.2) is 24.3 Å². The average Bonchev–Trinajstić information content (AvgIpc) is 2.40. The number of methoxy groups -OCH3 is 1. The molecule has 19 heavy (non-hydrogen) atoms. The third-order valence-electron chi connectivity index (χ3n) is 2.52. The second kappa shape index (κ2) is 9.35. The van der Waals surface area contributed by atoms with E-state index < -0.39 is 0 Å². The number of ether oxygens (including phenoxy) is 3. The molecule has 0 radical (unpaired) electrons. The zero-order valence-corrected chi connectivity index (χ0v) is 11.3. The first-order valence-electron chi connectivity index (χ1n) is 6.29. The molecule has 1 aromatic rings. The van der Waals surface area contributed by atoms with Gasteiger partial charge in [0.1, 0.15) is 6.61 Å². The summed E-state index contributed by atoms with van der Waals surface area (Å²) in [6.45, 7) is 1.95. The maximum absolute atomic E-state index is 11.5. The van der Waals surface area contributed by atoms with Crippen LogP contribution < -0.4 is 5.73 Å². The molecule has 0 aliphatic rings. The Bertz CT molecular complexity index is 381. The van der Waals surface area contributed by atoms with E-state index in [0.29, 0.717) is 25.5 Å². The first-order chi connectivity index (χ1) is 9.24. The highest BCUT2D eigenvalue weighted by Crippen LogP contribution is 2.11. The van der Waals surface area contributed by atoms with E-state index in [0.717, 1.165) is 12.0 Å². The molecule has 0 aliphatic heterocycles. The largest absolute Gasteiger partial charge is 0.463 e. The van der Waals surface area contributed by atoms with Gasteiger partial charge in [-0.25, -0.2) is 0 Å². The summed E-state index contributed by atoms with van der Waals surface area (Å²) >= 11 is 0. The molecule has 0 saturated heterocycles. The fourth-order valence-electron chi connectivity index (χ4n) is 1.52. The second-order valence-corrected chi connectivity index (χ2v) is 4.05. The van der Waals surface area contributed by atoms with Gasteiger partial charge in [-0.15, -0.1) is 0 Å². The number of hydrogen-bond donors (Lipinski definition) is 1. The van der Waals surface area contributed by atoms with E-state index in [2.05, 4.69) is 0 Å². The third-order valence-corrected chi connectivity index (χ3v) is 2.52. The molecule has 0 unspecified atom stereocenters. The van der Waals surface area contributed by atoms with Crippen molar-refractivity contribution in [3.8, 4) is 0 Å². The summed E-state index contributed by atoms with van der Waals surface area (Å²) in [4.78, 5) is 11.5. The summed E-state index contributed by atoms with van der Waals surface area (Å²) in [6.07, 6.45) is 1.03. The lowest BCUT2D eigenvalue weighted by Gasteiger charge is -2.07. The Morgan fingerprint density at radius 1 is 1.16 bits per heavy atom. The SMILES string of the molecule is COCCCOCCOC(=O)Cc1ccccc1N. The first kappa shape index (κ1) is 15.5. The molecule has 106 valence electrons. The van der Waals surface area contributed by atoms with Crippen molar-refractivity contribution in [2.24, 2.45) is 0 Å². The van der Waals surface area contributed by atoms with Crippen molar-refractivity contribution in [2.75, 3.05) is 39.3 Å². The third kappa shape index (κ3) is 6.79. The van der Waals surface area contributed by atoms with Crippen LogP contribution in [0.25, 0.3) is 0 Å². The van der Waals surface area contributed by atoms with E-state index in [1.165, 1.54) is 0 Å². The Labute approximate surface area is 113 Å². The highest BCUT2D eigenvalue weighted by atomic mass is 16.6. The zero-order valence-electron chi connectivity index (χ0n) is 11.3. The van der Waals surface area contributed by atoms with Crippen molar-refractivity contribution >= 4 is 11.7 Å². The molecule has 2 N–H and O–H groups in total. The van der Waals surface area contributed by atoms with Crippen molar-refractivity contribution in [3.63, 3.8) is 0 Å². The van der Waals surface area contributed by atoms with Gasteiger partial charge >= 0.3 is 5.97 Å². The van der Waals surface area contributed by atoms with Gasteiger partial charge in [-0.1, -0.05) is 18.2 Å². The van der Waals surface area contributed by atoms with Crippen LogP contribution in [0.1, 0.15) is 12.0 Å². The smallest absolute Gasteiger partial charge is 0.310 e. The summed E-state index contributed by atoms with van der Waals surface area (Å²) in [6, 6.07) is 7.26. The van der Waals surface area contributed by atoms with Gasteiger partial charge < -0.3 is 19.9 Å². The standard InChI is InChI=1S/C14H21NO4/c1-17-7-4-8-18-9-10-19-14(16)11-12-5-2-3-6-13(12)15/h2-3,5-6H,4,7-11,15H2,1H3. The normalized spacial score (nSPS) is 10.4. The number of carbonyl (C=O) groups is 1. The lowest BCUT2D eigenvalue weighted by molar-refractivity contribution is -0.144. The number of hydrogen-bond acceptors (Lipinski definition) is 5. The van der Waals surface area contributed by atoms with Gasteiger partial charge in [0, 0.05) is 26.0 Å². The van der Waals surface area contributed by atoms with Crippen molar-refractivity contribution < 1.29 is 19.0 Å². The summed E-state index contributed by atoms with van der Waals surface area (Å²) in [7, 11) is 1.65. The van der Waals surface area contributed by atoms with Gasteiger partial charge in [-0.2, -0.15) is 0 Å². The maximum atomic E-state index is 11.5. The van der Waals surface area contributed by atoms with Gasteiger partial charge in [0.05, 0.1) is 13.0 Å². The van der Waals surface area contributed by atoms with Gasteiger partial charge in [-0.3, -0.25) is 4.79 Å². The van der Waals surface area contributed by atoms with Crippen LogP contribution in [-0.4, -0.2) is 39.5 Å². The fraction of sp³-hybridized carbons (Fsp3) is 0.500. The Hall–Kier alpha value is -1.59. The Balaban J connectivity index is 2.10. The molecule has 1 aromatic carbocycles.